The second kappa shape index (κ2) is 3.68. The quantitative estimate of drug-likeness (QED) is 0.695. The summed E-state index contributed by atoms with van der Waals surface area (Å²) in [6.45, 7) is 0. The molecule has 2 N–H and O–H groups in total. The number of para-hydroxylation sites is 1. The van der Waals surface area contributed by atoms with Crippen molar-refractivity contribution in [1.82, 2.24) is 19.7 Å². The highest BCUT2D eigenvalue weighted by Crippen LogP contribution is 2.39. The van der Waals surface area contributed by atoms with Crippen molar-refractivity contribution in [2.24, 2.45) is 0 Å². The lowest BCUT2D eigenvalue weighted by Gasteiger charge is -2.32. The Labute approximate surface area is 109 Å². The number of hydrogen-bond acceptors (Lipinski definition) is 3. The van der Waals surface area contributed by atoms with Gasteiger partial charge in [-0.15, -0.1) is 0 Å². The van der Waals surface area contributed by atoms with E-state index >= 15 is 0 Å². The lowest BCUT2D eigenvalue weighted by Crippen LogP contribution is -2.38. The number of nitrogens with one attached hydrogen (secondary N) is 1. The van der Waals surface area contributed by atoms with E-state index < -0.39 is 5.72 Å². The van der Waals surface area contributed by atoms with Crippen molar-refractivity contribution in [1.29, 1.82) is 0 Å². The normalized spacial score (nSPS) is 22.6. The van der Waals surface area contributed by atoms with E-state index in [4.69, 9.17) is 0 Å². The first-order chi connectivity index (χ1) is 9.29. The summed E-state index contributed by atoms with van der Waals surface area (Å²) in [6, 6.07) is 8.16. The molecule has 0 amide bonds. The van der Waals surface area contributed by atoms with Gasteiger partial charge >= 0.3 is 0 Å². The zero-order chi connectivity index (χ0) is 12.9. The molecule has 1 aromatic carbocycles. The third-order valence-electron chi connectivity index (χ3n) is 3.96. The van der Waals surface area contributed by atoms with Crippen LogP contribution in [0.25, 0.3) is 10.9 Å². The Morgan fingerprint density at radius 3 is 3.05 bits per heavy atom. The van der Waals surface area contributed by atoms with Gasteiger partial charge in [-0.05, 0) is 24.5 Å². The largest absolute Gasteiger partial charge is 0.364 e. The molecule has 0 spiro atoms. The van der Waals surface area contributed by atoms with Gasteiger partial charge in [-0.2, -0.15) is 5.10 Å². The fraction of sp³-hybridized carbons (Fsp3) is 0.286. The Morgan fingerprint density at radius 1 is 1.32 bits per heavy atom. The Balaban J connectivity index is 2.01. The van der Waals surface area contributed by atoms with E-state index in [9.17, 15) is 5.11 Å². The fourth-order valence-corrected chi connectivity index (χ4v) is 3.07. The number of H-pyrrole nitrogens is 1. The number of aryl methyl sites for hydroxylation is 1. The molecular weight excluding hydrogens is 240 g/mol. The van der Waals surface area contributed by atoms with E-state index in [0.717, 1.165) is 24.1 Å². The van der Waals surface area contributed by atoms with Crippen molar-refractivity contribution in [2.45, 2.75) is 25.0 Å². The van der Waals surface area contributed by atoms with Crippen molar-refractivity contribution in [2.75, 3.05) is 0 Å². The number of hydrogen-bond donors (Lipinski definition) is 2. The van der Waals surface area contributed by atoms with Crippen molar-refractivity contribution in [3.8, 4) is 0 Å². The molecule has 0 saturated heterocycles. The number of nitrogens with zero attached hydrogens (tertiary/aromatic N) is 3. The molecule has 5 nitrogen and oxygen atoms in total. The molecule has 1 atom stereocenters. The van der Waals surface area contributed by atoms with Gasteiger partial charge in [0.2, 0.25) is 5.72 Å². The topological polar surface area (TPSA) is 66.7 Å². The van der Waals surface area contributed by atoms with Crippen LogP contribution in [0.1, 0.15) is 24.1 Å². The first-order valence-electron chi connectivity index (χ1n) is 6.46. The number of aliphatic hydroxyl groups is 1. The second-order valence-electron chi connectivity index (χ2n) is 5.03. The first kappa shape index (κ1) is 10.8. The highest BCUT2D eigenvalue weighted by Gasteiger charge is 2.39. The number of benzene rings is 1. The van der Waals surface area contributed by atoms with Gasteiger partial charge in [0.05, 0.1) is 5.69 Å². The number of fused-ring (bicyclic) bond motifs is 3. The third-order valence-corrected chi connectivity index (χ3v) is 3.96. The highest BCUT2D eigenvalue weighted by atomic mass is 16.3. The Kier molecular flexibility index (Phi) is 2.08. The Hall–Kier alpha value is -2.14. The van der Waals surface area contributed by atoms with E-state index in [-0.39, 0.29) is 0 Å². The van der Waals surface area contributed by atoms with E-state index in [1.807, 2.05) is 18.2 Å². The standard InChI is InChI=1S/C14H14N4O/c19-14(18-9-15-8-16-18)7-3-5-11-10-4-1-2-6-12(10)17-13(11)14/h1-2,4,6,8-9,17,19H,3,5,7H2. The Bertz CT molecular complexity index is 731. The SMILES string of the molecule is OC1(n2cncn2)CCCc2c1[nH]c1ccccc21. The van der Waals surface area contributed by atoms with Crippen LogP contribution in [0.4, 0.5) is 0 Å². The van der Waals surface area contributed by atoms with Gasteiger partial charge in [-0.25, -0.2) is 9.67 Å². The average molecular weight is 254 g/mol. The van der Waals surface area contributed by atoms with E-state index in [1.54, 1.807) is 11.0 Å². The van der Waals surface area contributed by atoms with Gasteiger partial charge in [-0.3, -0.25) is 0 Å². The smallest absolute Gasteiger partial charge is 0.201 e. The molecule has 19 heavy (non-hydrogen) atoms. The molecule has 5 heteroatoms. The van der Waals surface area contributed by atoms with Gasteiger partial charge in [-0.1, -0.05) is 18.2 Å². The monoisotopic (exact) mass is 254 g/mol. The van der Waals surface area contributed by atoms with Crippen molar-refractivity contribution in [3.05, 3.63) is 48.2 Å². The number of rotatable bonds is 1. The summed E-state index contributed by atoms with van der Waals surface area (Å²) in [5, 5.41) is 16.3. The van der Waals surface area contributed by atoms with Crippen molar-refractivity contribution < 1.29 is 5.11 Å². The molecule has 2 heterocycles. The van der Waals surface area contributed by atoms with Crippen LogP contribution in [-0.2, 0) is 12.1 Å². The van der Waals surface area contributed by atoms with E-state index in [1.165, 1.54) is 17.3 Å². The van der Waals surface area contributed by atoms with Gasteiger partial charge in [0.1, 0.15) is 12.7 Å². The summed E-state index contributed by atoms with van der Waals surface area (Å²) >= 11 is 0. The van der Waals surface area contributed by atoms with Crippen LogP contribution < -0.4 is 0 Å². The summed E-state index contributed by atoms with van der Waals surface area (Å²) in [4.78, 5) is 7.30. The molecule has 0 bridgehead atoms. The van der Waals surface area contributed by atoms with Crippen LogP contribution in [0.3, 0.4) is 0 Å². The lowest BCUT2D eigenvalue weighted by atomic mass is 9.89. The maximum absolute atomic E-state index is 11.0. The summed E-state index contributed by atoms with van der Waals surface area (Å²) in [5.74, 6) is 0. The predicted molar refractivity (Wildman–Crippen MR) is 70.6 cm³/mol. The fourth-order valence-electron chi connectivity index (χ4n) is 3.07. The molecule has 0 fully saturated rings. The van der Waals surface area contributed by atoms with Gasteiger partial charge in [0.15, 0.2) is 0 Å². The molecular formula is C14H14N4O. The third kappa shape index (κ3) is 1.39. The second-order valence-corrected chi connectivity index (χ2v) is 5.03. The maximum Gasteiger partial charge on any atom is 0.201 e. The van der Waals surface area contributed by atoms with Crippen LogP contribution >= 0.6 is 0 Å². The molecule has 4 rings (SSSR count). The van der Waals surface area contributed by atoms with Gasteiger partial charge in [0, 0.05) is 17.3 Å². The van der Waals surface area contributed by atoms with Crippen molar-refractivity contribution in [3.63, 3.8) is 0 Å². The molecule has 0 saturated carbocycles. The molecule has 96 valence electrons. The van der Waals surface area contributed by atoms with Crippen LogP contribution in [0.2, 0.25) is 0 Å². The van der Waals surface area contributed by atoms with Gasteiger partial charge < -0.3 is 10.1 Å². The van der Waals surface area contributed by atoms with E-state index in [2.05, 4.69) is 21.1 Å². The summed E-state index contributed by atoms with van der Waals surface area (Å²) in [6.07, 6.45) is 5.59. The average Bonchev–Trinajstić information content (AvgIpc) is 3.07. The van der Waals surface area contributed by atoms with E-state index in [0.29, 0.717) is 6.42 Å². The molecule has 3 aromatic rings. The molecule has 1 unspecified atom stereocenters. The number of aromatic nitrogens is 4. The summed E-state index contributed by atoms with van der Waals surface area (Å²) in [7, 11) is 0. The molecule has 2 aromatic heterocycles. The maximum atomic E-state index is 11.0. The van der Waals surface area contributed by atoms with Gasteiger partial charge in [0.25, 0.3) is 0 Å². The highest BCUT2D eigenvalue weighted by molar-refractivity contribution is 5.85. The minimum absolute atomic E-state index is 0.649. The van der Waals surface area contributed by atoms with Crippen LogP contribution in [0.5, 0.6) is 0 Å². The minimum atomic E-state index is -1.11. The van der Waals surface area contributed by atoms with Crippen LogP contribution in [0, 0.1) is 0 Å². The minimum Gasteiger partial charge on any atom is -0.364 e. The molecule has 1 aliphatic rings. The lowest BCUT2D eigenvalue weighted by molar-refractivity contribution is -0.0264. The molecule has 0 aliphatic heterocycles. The first-order valence-corrected chi connectivity index (χ1v) is 6.46. The molecule has 0 radical (unpaired) electrons. The Morgan fingerprint density at radius 2 is 2.21 bits per heavy atom. The molecule has 1 aliphatic carbocycles. The zero-order valence-electron chi connectivity index (χ0n) is 10.4. The predicted octanol–water partition coefficient (Wildman–Crippen LogP) is 1.79. The van der Waals surface area contributed by atoms with Crippen LogP contribution in [-0.4, -0.2) is 24.9 Å². The summed E-state index contributed by atoms with van der Waals surface area (Å²) < 4.78 is 1.54. The van der Waals surface area contributed by atoms with Crippen molar-refractivity contribution >= 4 is 10.9 Å². The van der Waals surface area contributed by atoms with Crippen LogP contribution in [0.15, 0.2) is 36.9 Å². The zero-order valence-corrected chi connectivity index (χ0v) is 10.4. The number of aromatic amines is 1. The summed E-state index contributed by atoms with van der Waals surface area (Å²) in [5.41, 5.74) is 2.00.